The van der Waals surface area contributed by atoms with Gasteiger partial charge in [-0.05, 0) is 37.1 Å². The highest BCUT2D eigenvalue weighted by Gasteiger charge is 2.37. The smallest absolute Gasteiger partial charge is 0.437 e. The van der Waals surface area contributed by atoms with Crippen molar-refractivity contribution in [1.82, 2.24) is 14.3 Å². The predicted octanol–water partition coefficient (Wildman–Crippen LogP) is 4.93. The quantitative estimate of drug-likeness (QED) is 0.377. The molecule has 2 heterocycles. The molecule has 2 aromatic heterocycles. The molecule has 0 atom stereocenters. The van der Waals surface area contributed by atoms with E-state index in [0.29, 0.717) is 36.3 Å². The van der Waals surface area contributed by atoms with Crippen LogP contribution in [-0.4, -0.2) is 26.0 Å². The van der Waals surface area contributed by atoms with Gasteiger partial charge in [-0.2, -0.15) is 13.2 Å². The van der Waals surface area contributed by atoms with Crippen molar-refractivity contribution in [3.8, 4) is 17.3 Å². The molecule has 174 valence electrons. The van der Waals surface area contributed by atoms with Crippen LogP contribution < -0.4 is 10.4 Å². The number of hydrogen-bond acceptors (Lipinski definition) is 5. The third-order valence-corrected chi connectivity index (χ3v) is 5.25. The zero-order valence-electron chi connectivity index (χ0n) is 17.8. The van der Waals surface area contributed by atoms with E-state index in [2.05, 4.69) is 5.16 Å². The van der Waals surface area contributed by atoms with E-state index in [1.807, 2.05) is 13.0 Å². The van der Waals surface area contributed by atoms with Crippen molar-refractivity contribution >= 4 is 11.0 Å². The third-order valence-electron chi connectivity index (χ3n) is 5.25. The van der Waals surface area contributed by atoms with Gasteiger partial charge in [0, 0.05) is 12.1 Å². The maximum absolute atomic E-state index is 13.2. The summed E-state index contributed by atoms with van der Waals surface area (Å²) in [4.78, 5) is 12.6. The molecule has 1 N–H and O–H groups in total. The lowest BCUT2D eigenvalue weighted by Crippen LogP contribution is -2.23. The molecule has 0 fully saturated rings. The van der Waals surface area contributed by atoms with Crippen LogP contribution in [0.5, 0.6) is 11.6 Å². The van der Waals surface area contributed by atoms with Gasteiger partial charge in [0.1, 0.15) is 5.75 Å². The fraction of sp³-hybridized carbons (Fsp3) is 0.304. The minimum absolute atomic E-state index is 0.0653. The second-order valence-electron chi connectivity index (χ2n) is 7.53. The summed E-state index contributed by atoms with van der Waals surface area (Å²) in [5.41, 5.74) is -0.216. The molecule has 0 aliphatic carbocycles. The van der Waals surface area contributed by atoms with Gasteiger partial charge < -0.3 is 14.4 Å². The number of benzene rings is 2. The van der Waals surface area contributed by atoms with Crippen LogP contribution in [0, 0.1) is 0 Å². The molecule has 0 bridgehead atoms. The summed E-state index contributed by atoms with van der Waals surface area (Å²) in [6.45, 7) is 2.29. The molecule has 0 aliphatic heterocycles. The molecule has 0 aliphatic rings. The van der Waals surface area contributed by atoms with E-state index < -0.39 is 11.9 Å². The first-order valence-corrected chi connectivity index (χ1v) is 10.5. The van der Waals surface area contributed by atoms with Gasteiger partial charge in [-0.15, -0.1) is 0 Å². The highest BCUT2D eigenvalue weighted by Crippen LogP contribution is 2.38. The molecule has 0 saturated heterocycles. The van der Waals surface area contributed by atoms with Crippen molar-refractivity contribution in [3.05, 3.63) is 70.4 Å². The lowest BCUT2D eigenvalue weighted by Gasteiger charge is -2.12. The highest BCUT2D eigenvalue weighted by atomic mass is 19.4. The molecule has 4 aromatic rings. The van der Waals surface area contributed by atoms with Crippen molar-refractivity contribution in [3.63, 3.8) is 0 Å². The monoisotopic (exact) mass is 461 g/mol. The number of imidazole rings is 1. The first-order chi connectivity index (χ1) is 15.8. The van der Waals surface area contributed by atoms with E-state index in [9.17, 15) is 23.1 Å². The zero-order chi connectivity index (χ0) is 23.6. The Bertz CT molecular complexity index is 1310. The Labute approximate surface area is 186 Å². The minimum Gasteiger partial charge on any atom is -0.493 e. The summed E-state index contributed by atoms with van der Waals surface area (Å²) in [5.74, 6) is 0.242. The maximum Gasteiger partial charge on any atom is 0.437 e. The average molecular weight is 461 g/mol. The number of para-hydroxylation sites is 1. The van der Waals surface area contributed by atoms with Crippen LogP contribution in [0.3, 0.4) is 0 Å². The van der Waals surface area contributed by atoms with Gasteiger partial charge in [0.05, 0.1) is 23.9 Å². The molecule has 0 spiro atoms. The molecule has 7 nitrogen and oxygen atoms in total. The molecular weight excluding hydrogens is 439 g/mol. The van der Waals surface area contributed by atoms with E-state index in [1.54, 1.807) is 24.3 Å². The Morgan fingerprint density at radius 2 is 1.91 bits per heavy atom. The first kappa shape index (κ1) is 22.5. The summed E-state index contributed by atoms with van der Waals surface area (Å²) in [6, 6.07) is 11.7. The van der Waals surface area contributed by atoms with E-state index in [0.717, 1.165) is 0 Å². The number of rotatable bonds is 8. The van der Waals surface area contributed by atoms with Gasteiger partial charge in [-0.3, -0.25) is 9.13 Å². The molecule has 0 saturated carbocycles. The predicted molar refractivity (Wildman–Crippen MR) is 115 cm³/mol. The number of aromatic hydroxyl groups is 1. The number of aryl methyl sites for hydroxylation is 1. The molecule has 33 heavy (non-hydrogen) atoms. The van der Waals surface area contributed by atoms with Crippen LogP contribution in [0.1, 0.15) is 31.0 Å². The summed E-state index contributed by atoms with van der Waals surface area (Å²) >= 11 is 0. The van der Waals surface area contributed by atoms with E-state index >= 15 is 0 Å². The lowest BCUT2D eigenvalue weighted by molar-refractivity contribution is -0.141. The van der Waals surface area contributed by atoms with Gasteiger partial charge in [-0.1, -0.05) is 36.7 Å². The Hall–Kier alpha value is -3.69. The van der Waals surface area contributed by atoms with Gasteiger partial charge in [-0.25, -0.2) is 4.79 Å². The Morgan fingerprint density at radius 3 is 2.61 bits per heavy atom. The van der Waals surface area contributed by atoms with Crippen LogP contribution in [-0.2, 0) is 19.1 Å². The second-order valence-corrected chi connectivity index (χ2v) is 7.53. The van der Waals surface area contributed by atoms with Gasteiger partial charge in [0.15, 0.2) is 11.3 Å². The van der Waals surface area contributed by atoms with Crippen LogP contribution in [0.25, 0.3) is 16.7 Å². The van der Waals surface area contributed by atoms with E-state index in [-0.39, 0.29) is 35.7 Å². The van der Waals surface area contributed by atoms with Crippen molar-refractivity contribution < 1.29 is 27.5 Å². The van der Waals surface area contributed by atoms with Crippen LogP contribution in [0.2, 0.25) is 0 Å². The van der Waals surface area contributed by atoms with E-state index in [4.69, 9.17) is 9.26 Å². The van der Waals surface area contributed by atoms with Gasteiger partial charge in [0.2, 0.25) is 5.88 Å². The number of hydrogen-bond donors (Lipinski definition) is 1. The third kappa shape index (κ3) is 4.46. The number of halogens is 3. The molecule has 4 rings (SSSR count). The van der Waals surface area contributed by atoms with Crippen LogP contribution in [0.4, 0.5) is 13.2 Å². The standard InChI is InChI=1S/C23H22F3N3O4/c1-2-7-16-18(11-10-17-20(16)33-27-21(17)23(24,25)26)32-13-6-12-28-19(30)14-29(22(28)31)15-8-4-3-5-9-15/h3-5,8-11,14,30H,2,6-7,12-13H2,1H3. The van der Waals surface area contributed by atoms with Crippen molar-refractivity contribution in [2.75, 3.05) is 6.61 Å². The van der Waals surface area contributed by atoms with Crippen LogP contribution in [0.15, 0.2) is 58.0 Å². The summed E-state index contributed by atoms with van der Waals surface area (Å²) in [5, 5.41) is 13.3. The van der Waals surface area contributed by atoms with Crippen molar-refractivity contribution in [1.29, 1.82) is 0 Å². The molecule has 10 heteroatoms. The van der Waals surface area contributed by atoms with Gasteiger partial charge >= 0.3 is 11.9 Å². The minimum atomic E-state index is -4.61. The molecule has 0 unspecified atom stereocenters. The molecule has 0 radical (unpaired) electrons. The number of nitrogens with zero attached hydrogens (tertiary/aromatic N) is 3. The number of alkyl halides is 3. The van der Waals surface area contributed by atoms with Crippen LogP contribution >= 0.6 is 0 Å². The SMILES string of the molecule is CCCc1c(OCCCn2c(O)cn(-c3ccccc3)c2=O)ccc2c(C(F)(F)F)noc12. The fourth-order valence-electron chi connectivity index (χ4n) is 3.72. The highest BCUT2D eigenvalue weighted by molar-refractivity contribution is 5.85. The molecule has 0 amide bonds. The summed E-state index contributed by atoms with van der Waals surface area (Å²) in [7, 11) is 0. The summed E-state index contributed by atoms with van der Waals surface area (Å²) in [6.07, 6.45) is -1.73. The zero-order valence-corrected chi connectivity index (χ0v) is 17.8. The Balaban J connectivity index is 1.48. The molecule has 2 aromatic carbocycles. The molecular formula is C23H22F3N3O4. The maximum atomic E-state index is 13.2. The number of ether oxygens (including phenoxy) is 1. The topological polar surface area (TPSA) is 82.4 Å². The largest absolute Gasteiger partial charge is 0.493 e. The first-order valence-electron chi connectivity index (χ1n) is 10.5. The number of aromatic nitrogens is 3. The Kier molecular flexibility index (Phi) is 6.17. The van der Waals surface area contributed by atoms with Crippen molar-refractivity contribution in [2.24, 2.45) is 0 Å². The number of fused-ring (bicyclic) bond motifs is 1. The van der Waals surface area contributed by atoms with E-state index in [1.165, 1.54) is 27.5 Å². The fourth-order valence-corrected chi connectivity index (χ4v) is 3.72. The Morgan fingerprint density at radius 1 is 1.15 bits per heavy atom. The van der Waals surface area contributed by atoms with Crippen molar-refractivity contribution in [2.45, 2.75) is 38.9 Å². The average Bonchev–Trinajstić information content (AvgIpc) is 3.35. The lowest BCUT2D eigenvalue weighted by atomic mass is 10.0. The van der Waals surface area contributed by atoms with Gasteiger partial charge in [0.25, 0.3) is 0 Å². The normalized spacial score (nSPS) is 11.9. The second kappa shape index (κ2) is 9.05. The summed E-state index contributed by atoms with van der Waals surface area (Å²) < 4.78 is 52.9.